The Labute approximate surface area is 87.3 Å². The first-order valence-electron chi connectivity index (χ1n) is 4.44. The summed E-state index contributed by atoms with van der Waals surface area (Å²) in [6, 6.07) is 12.9. The molecule has 0 aliphatic rings. The van der Waals surface area contributed by atoms with Gasteiger partial charge in [0.2, 0.25) is 0 Å². The third-order valence-electron chi connectivity index (χ3n) is 1.80. The van der Waals surface area contributed by atoms with Crippen LogP contribution >= 0.6 is 0 Å². The minimum Gasteiger partial charge on any atom is -0.423 e. The van der Waals surface area contributed by atoms with Crippen LogP contribution in [0.1, 0.15) is 10.4 Å². The molecule has 0 amide bonds. The molecule has 3 nitrogen and oxygen atoms in total. The second-order valence-electron chi connectivity index (χ2n) is 2.87. The van der Waals surface area contributed by atoms with E-state index < -0.39 is 5.97 Å². The van der Waals surface area contributed by atoms with E-state index in [1.807, 2.05) is 0 Å². The lowest BCUT2D eigenvalue weighted by molar-refractivity contribution is 0.0734. The highest BCUT2D eigenvalue weighted by Crippen LogP contribution is 2.10. The summed E-state index contributed by atoms with van der Waals surface area (Å²) in [4.78, 5) is 15.4. The Hall–Kier alpha value is -2.16. The fourth-order valence-corrected chi connectivity index (χ4v) is 1.09. The van der Waals surface area contributed by atoms with E-state index >= 15 is 0 Å². The summed E-state index contributed by atoms with van der Waals surface area (Å²) < 4.78 is 5.10. The molecule has 2 aromatic rings. The molecule has 1 heterocycles. The smallest absolute Gasteiger partial charge is 0.345 e. The first-order chi connectivity index (χ1) is 7.36. The molecule has 1 radical (unpaired) electrons. The van der Waals surface area contributed by atoms with Crippen LogP contribution in [-0.2, 0) is 0 Å². The molecule has 0 atom stereocenters. The highest BCUT2D eigenvalue weighted by atomic mass is 16.5. The predicted molar refractivity (Wildman–Crippen MR) is 54.5 cm³/mol. The third-order valence-corrected chi connectivity index (χ3v) is 1.80. The van der Waals surface area contributed by atoms with E-state index in [0.717, 1.165) is 0 Å². The highest BCUT2D eigenvalue weighted by molar-refractivity contribution is 5.90. The molecule has 0 bridgehead atoms. The van der Waals surface area contributed by atoms with Gasteiger partial charge < -0.3 is 4.74 Å². The number of benzene rings is 1. The minimum absolute atomic E-state index is 0.408. The average Bonchev–Trinajstić information content (AvgIpc) is 2.31. The number of hydrogen-bond acceptors (Lipinski definition) is 3. The molecule has 0 unspecified atom stereocenters. The molecular formula is C12H8NO2. The van der Waals surface area contributed by atoms with Crippen molar-refractivity contribution in [2.24, 2.45) is 0 Å². The molecule has 3 heteroatoms. The summed E-state index contributed by atoms with van der Waals surface area (Å²) in [6.45, 7) is 0. The lowest BCUT2D eigenvalue weighted by Gasteiger charge is -2.02. The monoisotopic (exact) mass is 198 g/mol. The van der Waals surface area contributed by atoms with Gasteiger partial charge in [0.05, 0.1) is 5.56 Å². The molecule has 15 heavy (non-hydrogen) atoms. The maximum Gasteiger partial charge on any atom is 0.345 e. The zero-order chi connectivity index (χ0) is 10.5. The molecular weight excluding hydrogens is 190 g/mol. The maximum atomic E-state index is 11.5. The third kappa shape index (κ3) is 2.40. The number of aromatic nitrogens is 1. The first-order valence-corrected chi connectivity index (χ1v) is 4.44. The number of ether oxygens (including phenoxy) is 1. The van der Waals surface area contributed by atoms with Crippen LogP contribution in [0.3, 0.4) is 0 Å². The Kier molecular flexibility index (Phi) is 2.74. The van der Waals surface area contributed by atoms with Crippen molar-refractivity contribution in [2.45, 2.75) is 0 Å². The fourth-order valence-electron chi connectivity index (χ4n) is 1.09. The molecule has 0 N–H and O–H groups in total. The standard InChI is InChI=1S/C12H8NO2/c14-12(10-5-4-8-13-9-10)15-11-6-2-1-3-7-11/h2-9H. The topological polar surface area (TPSA) is 39.2 Å². The first kappa shape index (κ1) is 9.40. The van der Waals surface area contributed by atoms with E-state index in [9.17, 15) is 4.79 Å². The normalized spacial score (nSPS) is 9.60. The Morgan fingerprint density at radius 3 is 2.73 bits per heavy atom. The second-order valence-corrected chi connectivity index (χ2v) is 2.87. The van der Waals surface area contributed by atoms with Crippen LogP contribution in [0, 0.1) is 6.07 Å². The highest BCUT2D eigenvalue weighted by Gasteiger charge is 2.07. The maximum absolute atomic E-state index is 11.5. The molecule has 73 valence electrons. The van der Waals surface area contributed by atoms with Crippen LogP contribution in [0.2, 0.25) is 0 Å². The van der Waals surface area contributed by atoms with Gasteiger partial charge in [-0.2, -0.15) is 0 Å². The van der Waals surface area contributed by atoms with E-state index in [0.29, 0.717) is 11.3 Å². The van der Waals surface area contributed by atoms with Crippen molar-refractivity contribution in [3.8, 4) is 5.75 Å². The SMILES string of the molecule is O=C(Oc1cc[c]cc1)c1cccnc1. The molecule has 0 aliphatic heterocycles. The van der Waals surface area contributed by atoms with Gasteiger partial charge in [0.1, 0.15) is 5.75 Å². The van der Waals surface area contributed by atoms with E-state index in [2.05, 4.69) is 11.1 Å². The summed E-state index contributed by atoms with van der Waals surface area (Å²) >= 11 is 0. The molecule has 0 aliphatic carbocycles. The quantitative estimate of drug-likeness (QED) is 0.548. The van der Waals surface area contributed by atoms with Crippen LogP contribution in [0.15, 0.2) is 48.8 Å². The molecule has 0 spiro atoms. The molecule has 0 saturated heterocycles. The minimum atomic E-state index is -0.408. The van der Waals surface area contributed by atoms with Crippen molar-refractivity contribution >= 4 is 5.97 Å². The number of carbonyl (C=O) groups is 1. The zero-order valence-corrected chi connectivity index (χ0v) is 7.88. The summed E-state index contributed by atoms with van der Waals surface area (Å²) in [5.74, 6) is 0.0944. The van der Waals surface area contributed by atoms with Gasteiger partial charge in [-0.25, -0.2) is 4.79 Å². The summed E-state index contributed by atoms with van der Waals surface area (Å²) in [7, 11) is 0. The van der Waals surface area contributed by atoms with Gasteiger partial charge in [-0.05, 0) is 30.3 Å². The number of pyridine rings is 1. The number of nitrogens with zero attached hydrogens (tertiary/aromatic N) is 1. The van der Waals surface area contributed by atoms with Crippen LogP contribution in [0.25, 0.3) is 0 Å². The van der Waals surface area contributed by atoms with Gasteiger partial charge in [0.25, 0.3) is 0 Å². The summed E-state index contributed by atoms with van der Waals surface area (Å²) in [5, 5.41) is 0. The van der Waals surface area contributed by atoms with Crippen molar-refractivity contribution in [2.75, 3.05) is 0 Å². The van der Waals surface area contributed by atoms with Gasteiger partial charge in [-0.15, -0.1) is 0 Å². The average molecular weight is 198 g/mol. The zero-order valence-electron chi connectivity index (χ0n) is 7.88. The van der Waals surface area contributed by atoms with Gasteiger partial charge in [0.15, 0.2) is 0 Å². The second kappa shape index (κ2) is 4.37. The van der Waals surface area contributed by atoms with Crippen LogP contribution in [0.5, 0.6) is 5.75 Å². The van der Waals surface area contributed by atoms with Crippen molar-refractivity contribution in [1.29, 1.82) is 0 Å². The summed E-state index contributed by atoms with van der Waals surface area (Å²) in [6.07, 6.45) is 3.08. The van der Waals surface area contributed by atoms with Crippen molar-refractivity contribution in [3.63, 3.8) is 0 Å². The number of carbonyl (C=O) groups excluding carboxylic acids is 1. The van der Waals surface area contributed by atoms with Crippen molar-refractivity contribution < 1.29 is 9.53 Å². The van der Waals surface area contributed by atoms with Crippen molar-refractivity contribution in [1.82, 2.24) is 4.98 Å². The van der Waals surface area contributed by atoms with Gasteiger partial charge >= 0.3 is 5.97 Å². The van der Waals surface area contributed by atoms with Crippen LogP contribution < -0.4 is 4.74 Å². The number of esters is 1. The lowest BCUT2D eigenvalue weighted by atomic mass is 10.3. The van der Waals surface area contributed by atoms with Gasteiger partial charge in [-0.1, -0.05) is 12.1 Å². The van der Waals surface area contributed by atoms with E-state index in [4.69, 9.17) is 4.74 Å². The van der Waals surface area contributed by atoms with Crippen molar-refractivity contribution in [3.05, 3.63) is 60.4 Å². The lowest BCUT2D eigenvalue weighted by Crippen LogP contribution is -2.08. The van der Waals surface area contributed by atoms with E-state index in [1.54, 1.807) is 42.6 Å². The molecule has 0 saturated carbocycles. The largest absolute Gasteiger partial charge is 0.423 e. The van der Waals surface area contributed by atoms with Gasteiger partial charge in [0, 0.05) is 12.4 Å². The van der Waals surface area contributed by atoms with Crippen LogP contribution in [0.4, 0.5) is 0 Å². The molecule has 1 aromatic carbocycles. The van der Waals surface area contributed by atoms with E-state index in [1.165, 1.54) is 6.20 Å². The Morgan fingerprint density at radius 2 is 2.07 bits per heavy atom. The fraction of sp³-hybridized carbons (Fsp3) is 0. The molecule has 0 fully saturated rings. The Balaban J connectivity index is 2.12. The Morgan fingerprint density at radius 1 is 1.27 bits per heavy atom. The number of hydrogen-bond donors (Lipinski definition) is 0. The van der Waals surface area contributed by atoms with Crippen LogP contribution in [-0.4, -0.2) is 11.0 Å². The number of rotatable bonds is 2. The molecule has 1 aromatic heterocycles. The summed E-state index contributed by atoms with van der Waals surface area (Å²) in [5.41, 5.74) is 0.435. The molecule has 2 rings (SSSR count). The van der Waals surface area contributed by atoms with E-state index in [-0.39, 0.29) is 0 Å². The van der Waals surface area contributed by atoms with Gasteiger partial charge in [-0.3, -0.25) is 4.98 Å². The Bertz CT molecular complexity index is 440. The predicted octanol–water partition coefficient (Wildman–Crippen LogP) is 2.10.